The van der Waals surface area contributed by atoms with E-state index in [4.69, 9.17) is 9.47 Å². The lowest BCUT2D eigenvalue weighted by Gasteiger charge is -2.21. The minimum Gasteiger partial charge on any atom is -0.508 e. The average molecular weight is 210 g/mol. The molecule has 0 spiro atoms. The van der Waals surface area contributed by atoms with Crippen molar-refractivity contribution in [2.24, 2.45) is 0 Å². The zero-order valence-corrected chi connectivity index (χ0v) is 9.70. The molecule has 0 unspecified atom stereocenters. The number of hydrogen-bond acceptors (Lipinski definition) is 3. The normalized spacial score (nSPS) is 11.5. The molecule has 15 heavy (non-hydrogen) atoms. The summed E-state index contributed by atoms with van der Waals surface area (Å²) in [6, 6.07) is 5.17. The van der Waals surface area contributed by atoms with E-state index in [1.807, 2.05) is 20.8 Å². The molecule has 1 rings (SSSR count). The highest BCUT2D eigenvalue weighted by Gasteiger charge is 2.12. The molecule has 0 heterocycles. The largest absolute Gasteiger partial charge is 0.508 e. The Morgan fingerprint density at radius 1 is 1.27 bits per heavy atom. The molecule has 0 aliphatic carbocycles. The van der Waals surface area contributed by atoms with Gasteiger partial charge in [-0.25, -0.2) is 0 Å². The van der Waals surface area contributed by atoms with Gasteiger partial charge in [0.15, 0.2) is 0 Å². The molecule has 0 saturated heterocycles. The molecule has 84 valence electrons. The van der Waals surface area contributed by atoms with Gasteiger partial charge in [0.05, 0.1) is 6.61 Å². The summed E-state index contributed by atoms with van der Waals surface area (Å²) in [5.74, 6) is 0.977. The fraction of sp³-hybridized carbons (Fsp3) is 0.500. The van der Waals surface area contributed by atoms with Crippen LogP contribution >= 0.6 is 0 Å². The summed E-state index contributed by atoms with van der Waals surface area (Å²) in [6.45, 7) is 6.33. The Morgan fingerprint density at radius 3 is 2.47 bits per heavy atom. The molecule has 0 atom stereocenters. The number of methoxy groups -OCH3 is 1. The minimum absolute atomic E-state index is 0.234. The fourth-order valence-electron chi connectivity index (χ4n) is 1.25. The van der Waals surface area contributed by atoms with Gasteiger partial charge in [-0.05, 0) is 39.0 Å². The maximum Gasteiger partial charge on any atom is 0.121 e. The van der Waals surface area contributed by atoms with Gasteiger partial charge in [-0.1, -0.05) is 0 Å². The SMILES string of the molecule is COCc1cc(OC(C)(C)C)ccc1O. The lowest BCUT2D eigenvalue weighted by molar-refractivity contribution is 0.129. The minimum atomic E-state index is -0.235. The first kappa shape index (κ1) is 11.9. The maximum absolute atomic E-state index is 9.53. The quantitative estimate of drug-likeness (QED) is 0.833. The molecule has 0 amide bonds. The van der Waals surface area contributed by atoms with Crippen LogP contribution in [0.4, 0.5) is 0 Å². The fourth-order valence-corrected chi connectivity index (χ4v) is 1.25. The first-order chi connectivity index (χ1) is 6.92. The van der Waals surface area contributed by atoms with Gasteiger partial charge in [-0.2, -0.15) is 0 Å². The van der Waals surface area contributed by atoms with Gasteiger partial charge in [0.2, 0.25) is 0 Å². The molecule has 0 bridgehead atoms. The number of benzene rings is 1. The van der Waals surface area contributed by atoms with Crippen LogP contribution in [0, 0.1) is 0 Å². The molecule has 0 aliphatic heterocycles. The third-order valence-electron chi connectivity index (χ3n) is 1.77. The second kappa shape index (κ2) is 4.53. The number of rotatable bonds is 3. The van der Waals surface area contributed by atoms with Crippen LogP contribution in [0.1, 0.15) is 26.3 Å². The van der Waals surface area contributed by atoms with Crippen LogP contribution in [-0.2, 0) is 11.3 Å². The number of hydrogen-bond donors (Lipinski definition) is 1. The molecule has 1 N–H and O–H groups in total. The van der Waals surface area contributed by atoms with Gasteiger partial charge in [0.25, 0.3) is 0 Å². The molecule has 1 aromatic rings. The van der Waals surface area contributed by atoms with E-state index in [-0.39, 0.29) is 11.4 Å². The van der Waals surface area contributed by atoms with Gasteiger partial charge < -0.3 is 14.6 Å². The van der Waals surface area contributed by atoms with E-state index >= 15 is 0 Å². The molecule has 3 heteroatoms. The molecule has 1 aromatic carbocycles. The summed E-state index contributed by atoms with van der Waals surface area (Å²) in [7, 11) is 1.59. The second-order valence-corrected chi connectivity index (χ2v) is 4.44. The zero-order valence-electron chi connectivity index (χ0n) is 9.70. The van der Waals surface area contributed by atoms with Crippen molar-refractivity contribution in [3.05, 3.63) is 23.8 Å². The topological polar surface area (TPSA) is 38.7 Å². The highest BCUT2D eigenvalue weighted by atomic mass is 16.5. The highest BCUT2D eigenvalue weighted by molar-refractivity contribution is 5.39. The van der Waals surface area contributed by atoms with Crippen molar-refractivity contribution in [3.63, 3.8) is 0 Å². The molecule has 0 fully saturated rings. The van der Waals surface area contributed by atoms with Crippen molar-refractivity contribution in [1.29, 1.82) is 0 Å². The van der Waals surface area contributed by atoms with Gasteiger partial charge in [-0.3, -0.25) is 0 Å². The van der Waals surface area contributed by atoms with Crippen molar-refractivity contribution in [3.8, 4) is 11.5 Å². The van der Waals surface area contributed by atoms with Crippen LogP contribution in [0.15, 0.2) is 18.2 Å². The molecular weight excluding hydrogens is 192 g/mol. The summed E-state index contributed by atoms with van der Waals surface area (Å²) in [5, 5.41) is 9.53. The van der Waals surface area contributed by atoms with E-state index in [0.29, 0.717) is 6.61 Å². The van der Waals surface area contributed by atoms with Crippen LogP contribution in [-0.4, -0.2) is 17.8 Å². The van der Waals surface area contributed by atoms with Crippen LogP contribution in [0.5, 0.6) is 11.5 Å². The summed E-state index contributed by atoms with van der Waals surface area (Å²) in [4.78, 5) is 0. The van der Waals surface area contributed by atoms with E-state index in [2.05, 4.69) is 0 Å². The average Bonchev–Trinajstić information content (AvgIpc) is 2.09. The molecule has 0 radical (unpaired) electrons. The summed E-state index contributed by atoms with van der Waals surface area (Å²) >= 11 is 0. The third-order valence-corrected chi connectivity index (χ3v) is 1.77. The molecular formula is C12H18O3. The maximum atomic E-state index is 9.53. The summed E-state index contributed by atoms with van der Waals surface area (Å²) < 4.78 is 10.7. The van der Waals surface area contributed by atoms with Crippen LogP contribution in [0.2, 0.25) is 0 Å². The Balaban J connectivity index is 2.87. The van der Waals surface area contributed by atoms with Crippen molar-refractivity contribution in [2.75, 3.05) is 7.11 Å². The Hall–Kier alpha value is -1.22. The Morgan fingerprint density at radius 2 is 1.93 bits per heavy atom. The molecule has 0 saturated carbocycles. The van der Waals surface area contributed by atoms with Crippen molar-refractivity contribution < 1.29 is 14.6 Å². The third kappa shape index (κ3) is 3.80. The van der Waals surface area contributed by atoms with Crippen LogP contribution < -0.4 is 4.74 Å². The van der Waals surface area contributed by atoms with Crippen LogP contribution in [0.3, 0.4) is 0 Å². The Bertz CT molecular complexity index is 326. The van der Waals surface area contributed by atoms with E-state index < -0.39 is 0 Å². The lowest BCUT2D eigenvalue weighted by atomic mass is 10.1. The zero-order chi connectivity index (χ0) is 11.5. The lowest BCUT2D eigenvalue weighted by Crippen LogP contribution is -2.22. The number of phenols is 1. The first-order valence-corrected chi connectivity index (χ1v) is 4.92. The predicted octanol–water partition coefficient (Wildman–Crippen LogP) is 2.72. The number of aromatic hydroxyl groups is 1. The summed E-state index contributed by atoms with van der Waals surface area (Å²) in [5.41, 5.74) is 0.501. The number of phenolic OH excluding ortho intramolecular Hbond substituents is 1. The van der Waals surface area contributed by atoms with Crippen LogP contribution in [0.25, 0.3) is 0 Å². The second-order valence-electron chi connectivity index (χ2n) is 4.44. The van der Waals surface area contributed by atoms with E-state index in [0.717, 1.165) is 11.3 Å². The standard InChI is InChI=1S/C12H18O3/c1-12(2,3)15-10-5-6-11(13)9(7-10)8-14-4/h5-7,13H,8H2,1-4H3. The first-order valence-electron chi connectivity index (χ1n) is 4.92. The monoisotopic (exact) mass is 210 g/mol. The molecule has 3 nitrogen and oxygen atoms in total. The van der Waals surface area contributed by atoms with Crippen molar-refractivity contribution >= 4 is 0 Å². The van der Waals surface area contributed by atoms with E-state index in [1.165, 1.54) is 0 Å². The van der Waals surface area contributed by atoms with E-state index in [1.54, 1.807) is 25.3 Å². The van der Waals surface area contributed by atoms with E-state index in [9.17, 15) is 5.11 Å². The highest BCUT2D eigenvalue weighted by Crippen LogP contribution is 2.26. The molecule has 0 aliphatic rings. The Labute approximate surface area is 90.6 Å². The van der Waals surface area contributed by atoms with Gasteiger partial charge in [0, 0.05) is 12.7 Å². The number of ether oxygens (including phenoxy) is 2. The van der Waals surface area contributed by atoms with Gasteiger partial charge >= 0.3 is 0 Å². The predicted molar refractivity (Wildman–Crippen MR) is 59.2 cm³/mol. The van der Waals surface area contributed by atoms with Crippen molar-refractivity contribution in [2.45, 2.75) is 33.0 Å². The van der Waals surface area contributed by atoms with Gasteiger partial charge in [-0.15, -0.1) is 0 Å². The molecule has 0 aromatic heterocycles. The Kier molecular flexibility index (Phi) is 3.58. The van der Waals surface area contributed by atoms with Crippen molar-refractivity contribution in [1.82, 2.24) is 0 Å². The van der Waals surface area contributed by atoms with Gasteiger partial charge in [0.1, 0.15) is 17.1 Å². The summed E-state index contributed by atoms with van der Waals surface area (Å²) in [6.07, 6.45) is 0. The smallest absolute Gasteiger partial charge is 0.121 e.